The molecule has 0 atom stereocenters. The SMILES string of the molecule is c1cncc(CNc2cc(Nc3ccc(N4CCCC4)cc3)ncn2)c1. The summed E-state index contributed by atoms with van der Waals surface area (Å²) in [5, 5.41) is 6.63. The van der Waals surface area contributed by atoms with E-state index in [-0.39, 0.29) is 0 Å². The van der Waals surface area contributed by atoms with Crippen LogP contribution in [0.5, 0.6) is 0 Å². The minimum atomic E-state index is 0.675. The summed E-state index contributed by atoms with van der Waals surface area (Å²) in [6.07, 6.45) is 7.75. The number of benzene rings is 1. The van der Waals surface area contributed by atoms with Crippen LogP contribution in [-0.4, -0.2) is 28.0 Å². The first-order valence-electron chi connectivity index (χ1n) is 8.94. The molecule has 1 aromatic carbocycles. The average Bonchev–Trinajstić information content (AvgIpc) is 3.23. The van der Waals surface area contributed by atoms with Crippen molar-refractivity contribution in [3.8, 4) is 0 Å². The number of nitrogens with one attached hydrogen (secondary N) is 2. The lowest BCUT2D eigenvalue weighted by Gasteiger charge is -2.18. The zero-order valence-electron chi connectivity index (χ0n) is 14.6. The van der Waals surface area contributed by atoms with Gasteiger partial charge in [0.25, 0.3) is 0 Å². The lowest BCUT2D eigenvalue weighted by molar-refractivity contribution is 0.949. The van der Waals surface area contributed by atoms with Gasteiger partial charge < -0.3 is 15.5 Å². The quantitative estimate of drug-likeness (QED) is 0.707. The van der Waals surface area contributed by atoms with E-state index in [1.165, 1.54) is 18.5 Å². The Morgan fingerprint density at radius 1 is 0.962 bits per heavy atom. The molecule has 0 saturated carbocycles. The first-order chi connectivity index (χ1) is 12.9. The number of nitrogens with zero attached hydrogens (tertiary/aromatic N) is 4. The molecule has 3 aromatic rings. The Morgan fingerprint density at radius 3 is 2.54 bits per heavy atom. The molecule has 0 bridgehead atoms. The summed E-state index contributed by atoms with van der Waals surface area (Å²) in [5.41, 5.74) is 3.41. The molecule has 0 spiro atoms. The number of pyridine rings is 1. The highest BCUT2D eigenvalue weighted by atomic mass is 15.1. The molecular weight excluding hydrogens is 324 g/mol. The molecule has 1 aliphatic rings. The molecule has 2 N–H and O–H groups in total. The van der Waals surface area contributed by atoms with Crippen LogP contribution in [0.3, 0.4) is 0 Å². The van der Waals surface area contributed by atoms with Crippen molar-refractivity contribution in [1.82, 2.24) is 15.0 Å². The van der Waals surface area contributed by atoms with Crippen LogP contribution >= 0.6 is 0 Å². The minimum Gasteiger partial charge on any atom is -0.372 e. The molecule has 2 aromatic heterocycles. The lowest BCUT2D eigenvalue weighted by Crippen LogP contribution is -2.17. The van der Waals surface area contributed by atoms with Gasteiger partial charge in [0.15, 0.2) is 0 Å². The second-order valence-corrected chi connectivity index (χ2v) is 6.37. The number of rotatable bonds is 6. The highest BCUT2D eigenvalue weighted by Gasteiger charge is 2.11. The third-order valence-electron chi connectivity index (χ3n) is 4.47. The highest BCUT2D eigenvalue weighted by molar-refractivity contribution is 5.62. The minimum absolute atomic E-state index is 0.675. The van der Waals surface area contributed by atoms with Crippen LogP contribution in [0.1, 0.15) is 18.4 Å². The summed E-state index contributed by atoms with van der Waals surface area (Å²) >= 11 is 0. The van der Waals surface area contributed by atoms with Crippen LogP contribution in [0.4, 0.5) is 23.0 Å². The van der Waals surface area contributed by atoms with Gasteiger partial charge in [0.1, 0.15) is 18.0 Å². The smallest absolute Gasteiger partial charge is 0.135 e. The van der Waals surface area contributed by atoms with Crippen LogP contribution in [0.25, 0.3) is 0 Å². The van der Waals surface area contributed by atoms with Crippen molar-refractivity contribution < 1.29 is 0 Å². The van der Waals surface area contributed by atoms with E-state index in [0.29, 0.717) is 6.54 Å². The van der Waals surface area contributed by atoms with Crippen LogP contribution < -0.4 is 15.5 Å². The molecule has 6 heteroatoms. The van der Waals surface area contributed by atoms with Crippen molar-refractivity contribution in [1.29, 1.82) is 0 Å². The Balaban J connectivity index is 1.38. The summed E-state index contributed by atoms with van der Waals surface area (Å²) < 4.78 is 0. The van der Waals surface area contributed by atoms with E-state index in [2.05, 4.69) is 54.8 Å². The van der Waals surface area contributed by atoms with Crippen molar-refractivity contribution in [2.45, 2.75) is 19.4 Å². The lowest BCUT2D eigenvalue weighted by atomic mass is 10.2. The monoisotopic (exact) mass is 346 g/mol. The maximum atomic E-state index is 4.30. The van der Waals surface area contributed by atoms with E-state index in [1.54, 1.807) is 12.5 Å². The van der Waals surface area contributed by atoms with Crippen molar-refractivity contribution in [2.24, 2.45) is 0 Å². The molecule has 1 saturated heterocycles. The summed E-state index contributed by atoms with van der Waals surface area (Å²) in [7, 11) is 0. The molecule has 3 heterocycles. The number of hydrogen-bond acceptors (Lipinski definition) is 6. The van der Waals surface area contributed by atoms with E-state index in [4.69, 9.17) is 0 Å². The molecule has 26 heavy (non-hydrogen) atoms. The van der Waals surface area contributed by atoms with Crippen molar-refractivity contribution in [3.63, 3.8) is 0 Å². The summed E-state index contributed by atoms with van der Waals surface area (Å²) in [6, 6.07) is 14.4. The van der Waals surface area contributed by atoms with Gasteiger partial charge in [-0.25, -0.2) is 9.97 Å². The molecule has 4 rings (SSSR count). The maximum Gasteiger partial charge on any atom is 0.135 e. The van der Waals surface area contributed by atoms with E-state index >= 15 is 0 Å². The van der Waals surface area contributed by atoms with Crippen LogP contribution in [0.15, 0.2) is 61.2 Å². The fraction of sp³-hybridized carbons (Fsp3) is 0.250. The number of anilines is 4. The van der Waals surface area contributed by atoms with E-state index < -0.39 is 0 Å². The molecule has 132 valence electrons. The van der Waals surface area contributed by atoms with Gasteiger partial charge in [0, 0.05) is 49.5 Å². The summed E-state index contributed by atoms with van der Waals surface area (Å²) in [6.45, 7) is 2.99. The standard InChI is InChI=1S/C20H22N6/c1-2-11-26(10-1)18-7-5-17(6-8-18)25-20-12-19(23-15-24-20)22-14-16-4-3-9-21-13-16/h3-9,12-13,15H,1-2,10-11,14H2,(H2,22,23,24,25). The number of hydrogen-bond donors (Lipinski definition) is 2. The molecule has 6 nitrogen and oxygen atoms in total. The highest BCUT2D eigenvalue weighted by Crippen LogP contribution is 2.23. The molecule has 1 aliphatic heterocycles. The predicted molar refractivity (Wildman–Crippen MR) is 105 cm³/mol. The Kier molecular flexibility index (Phi) is 4.91. The molecule has 0 radical (unpaired) electrons. The van der Waals surface area contributed by atoms with Gasteiger partial charge >= 0.3 is 0 Å². The molecule has 0 aliphatic carbocycles. The van der Waals surface area contributed by atoms with Crippen LogP contribution in [-0.2, 0) is 6.54 Å². The van der Waals surface area contributed by atoms with Crippen molar-refractivity contribution in [2.75, 3.05) is 28.6 Å². The van der Waals surface area contributed by atoms with Gasteiger partial charge in [-0.05, 0) is 48.7 Å². The third kappa shape index (κ3) is 4.08. The van der Waals surface area contributed by atoms with Gasteiger partial charge in [-0.15, -0.1) is 0 Å². The Morgan fingerprint density at radius 2 is 1.77 bits per heavy atom. The maximum absolute atomic E-state index is 4.30. The van der Waals surface area contributed by atoms with Gasteiger partial charge in [-0.1, -0.05) is 6.07 Å². The first-order valence-corrected chi connectivity index (χ1v) is 8.94. The summed E-state index contributed by atoms with van der Waals surface area (Å²) in [4.78, 5) is 15.1. The largest absolute Gasteiger partial charge is 0.372 e. The second kappa shape index (κ2) is 7.82. The van der Waals surface area contributed by atoms with Crippen molar-refractivity contribution >= 4 is 23.0 Å². The van der Waals surface area contributed by atoms with E-state index in [0.717, 1.165) is 36.0 Å². The van der Waals surface area contributed by atoms with Crippen molar-refractivity contribution in [3.05, 3.63) is 66.7 Å². The summed E-state index contributed by atoms with van der Waals surface area (Å²) in [5.74, 6) is 1.54. The topological polar surface area (TPSA) is 66.0 Å². The van der Waals surface area contributed by atoms with Gasteiger partial charge in [-0.3, -0.25) is 4.98 Å². The Hall–Kier alpha value is -3.15. The molecule has 0 unspecified atom stereocenters. The van der Waals surface area contributed by atoms with E-state index in [1.807, 2.05) is 24.4 Å². The fourth-order valence-electron chi connectivity index (χ4n) is 3.10. The van der Waals surface area contributed by atoms with Gasteiger partial charge in [0.05, 0.1) is 0 Å². The average molecular weight is 346 g/mol. The normalized spacial score (nSPS) is 13.6. The second-order valence-electron chi connectivity index (χ2n) is 6.37. The van der Waals surface area contributed by atoms with Crippen LogP contribution in [0.2, 0.25) is 0 Å². The first kappa shape index (κ1) is 16.3. The predicted octanol–water partition coefficient (Wildman–Crippen LogP) is 3.83. The van der Waals surface area contributed by atoms with Gasteiger partial charge in [0.2, 0.25) is 0 Å². The molecular formula is C20H22N6. The Labute approximate surface area is 153 Å². The number of aromatic nitrogens is 3. The van der Waals surface area contributed by atoms with Crippen LogP contribution in [0, 0.1) is 0 Å². The zero-order chi connectivity index (χ0) is 17.6. The molecule has 0 amide bonds. The Bertz CT molecular complexity index is 828. The van der Waals surface area contributed by atoms with Gasteiger partial charge in [-0.2, -0.15) is 0 Å². The zero-order valence-corrected chi connectivity index (χ0v) is 14.6. The fourth-order valence-corrected chi connectivity index (χ4v) is 3.10. The third-order valence-corrected chi connectivity index (χ3v) is 4.47. The van der Waals surface area contributed by atoms with E-state index in [9.17, 15) is 0 Å². The molecule has 1 fully saturated rings.